The number of nitrogens with zero attached hydrogens (tertiary/aromatic N) is 3. The first-order valence-corrected chi connectivity index (χ1v) is 12.6. The summed E-state index contributed by atoms with van der Waals surface area (Å²) in [7, 11) is 0. The standard InChI is InChI=1S/C31H28N6O/c1-31(2,3)15-29(38)34-22-12-21(17-33-18-22)19-9-10-27-25(13-19)30(37-36-27)28-14-24-23(7-4-8-26(24)35-28)20-6-5-11-32-16-20/h4-14,16-18,35H,15H2,1-3H3,(H,34,38)(H,36,37). The zero-order chi connectivity index (χ0) is 26.3. The minimum atomic E-state index is -0.0841. The third-order valence-electron chi connectivity index (χ3n) is 6.50. The number of hydrogen-bond donors (Lipinski definition) is 3. The second-order valence-electron chi connectivity index (χ2n) is 10.8. The van der Waals surface area contributed by atoms with Gasteiger partial charge >= 0.3 is 0 Å². The maximum Gasteiger partial charge on any atom is 0.224 e. The number of aromatic amines is 2. The molecule has 6 aromatic rings. The van der Waals surface area contributed by atoms with E-state index in [2.05, 4.69) is 60.8 Å². The van der Waals surface area contributed by atoms with Gasteiger partial charge in [0.15, 0.2) is 0 Å². The van der Waals surface area contributed by atoms with Crippen LogP contribution in [0.5, 0.6) is 0 Å². The van der Waals surface area contributed by atoms with E-state index >= 15 is 0 Å². The Morgan fingerprint density at radius 2 is 1.71 bits per heavy atom. The molecule has 4 heterocycles. The predicted octanol–water partition coefficient (Wildman–Crippen LogP) is 7.21. The van der Waals surface area contributed by atoms with Crippen molar-refractivity contribution in [3.05, 3.63) is 85.5 Å². The number of fused-ring (bicyclic) bond motifs is 2. The molecule has 0 aliphatic carbocycles. The van der Waals surface area contributed by atoms with Gasteiger partial charge in [0.05, 0.1) is 23.1 Å². The Labute approximate surface area is 220 Å². The molecule has 0 bridgehead atoms. The summed E-state index contributed by atoms with van der Waals surface area (Å²) < 4.78 is 0. The number of benzene rings is 2. The topological polar surface area (TPSA) is 99.3 Å². The smallest absolute Gasteiger partial charge is 0.224 e. The Morgan fingerprint density at radius 1 is 0.842 bits per heavy atom. The van der Waals surface area contributed by atoms with Crippen LogP contribution in [0.25, 0.3) is 55.4 Å². The maximum atomic E-state index is 12.4. The molecule has 0 saturated carbocycles. The lowest BCUT2D eigenvalue weighted by atomic mass is 9.92. The van der Waals surface area contributed by atoms with Crippen LogP contribution in [0.4, 0.5) is 5.69 Å². The van der Waals surface area contributed by atoms with Crippen LogP contribution < -0.4 is 5.32 Å². The molecule has 188 valence electrons. The van der Waals surface area contributed by atoms with Gasteiger partial charge in [0.25, 0.3) is 0 Å². The summed E-state index contributed by atoms with van der Waals surface area (Å²) >= 11 is 0. The van der Waals surface area contributed by atoms with Crippen molar-refractivity contribution >= 4 is 33.4 Å². The molecule has 3 N–H and O–H groups in total. The molecule has 2 aromatic carbocycles. The van der Waals surface area contributed by atoms with Crippen LogP contribution in [-0.4, -0.2) is 31.1 Å². The van der Waals surface area contributed by atoms with Gasteiger partial charge in [0.2, 0.25) is 5.91 Å². The van der Waals surface area contributed by atoms with Crippen LogP contribution in [0.1, 0.15) is 27.2 Å². The highest BCUT2D eigenvalue weighted by Crippen LogP contribution is 2.35. The zero-order valence-electron chi connectivity index (χ0n) is 21.5. The number of carbonyl (C=O) groups excluding carboxylic acids is 1. The van der Waals surface area contributed by atoms with E-state index in [9.17, 15) is 4.79 Å². The zero-order valence-corrected chi connectivity index (χ0v) is 21.5. The van der Waals surface area contributed by atoms with E-state index in [1.807, 2.05) is 63.5 Å². The van der Waals surface area contributed by atoms with Gasteiger partial charge in [-0.1, -0.05) is 45.0 Å². The van der Waals surface area contributed by atoms with Crippen LogP contribution in [0, 0.1) is 5.41 Å². The minimum absolute atomic E-state index is 0.0199. The van der Waals surface area contributed by atoms with Gasteiger partial charge in [-0.15, -0.1) is 0 Å². The molecule has 0 saturated heterocycles. The molecule has 0 radical (unpaired) electrons. The van der Waals surface area contributed by atoms with Crippen molar-refractivity contribution in [3.8, 4) is 33.6 Å². The number of aromatic nitrogens is 5. The summed E-state index contributed by atoms with van der Waals surface area (Å²) in [5.41, 5.74) is 8.46. The SMILES string of the molecule is CC(C)(C)CC(=O)Nc1cncc(-c2ccc3[nH]nc(-c4cc5c(-c6cccnc6)cccc5[nH]4)c3c2)c1. The molecule has 0 unspecified atom stereocenters. The molecular weight excluding hydrogens is 472 g/mol. The fourth-order valence-corrected chi connectivity index (χ4v) is 4.81. The van der Waals surface area contributed by atoms with Crippen LogP contribution in [-0.2, 0) is 4.79 Å². The number of amides is 1. The second kappa shape index (κ2) is 9.27. The molecule has 38 heavy (non-hydrogen) atoms. The Bertz CT molecular complexity index is 1780. The second-order valence-corrected chi connectivity index (χ2v) is 10.8. The van der Waals surface area contributed by atoms with Crippen molar-refractivity contribution in [2.75, 3.05) is 5.32 Å². The molecule has 4 aromatic heterocycles. The highest BCUT2D eigenvalue weighted by Gasteiger charge is 2.17. The average molecular weight is 501 g/mol. The summed E-state index contributed by atoms with van der Waals surface area (Å²) in [5, 5.41) is 12.9. The quantitative estimate of drug-likeness (QED) is 0.233. The van der Waals surface area contributed by atoms with Gasteiger partial charge in [-0.05, 0) is 52.9 Å². The van der Waals surface area contributed by atoms with Crippen LogP contribution in [0.15, 0.2) is 85.5 Å². The molecule has 0 fully saturated rings. The first-order valence-electron chi connectivity index (χ1n) is 12.6. The third-order valence-corrected chi connectivity index (χ3v) is 6.50. The molecule has 0 spiro atoms. The summed E-state index contributed by atoms with van der Waals surface area (Å²) in [4.78, 5) is 24.7. The lowest BCUT2D eigenvalue weighted by molar-refractivity contribution is -0.117. The minimum Gasteiger partial charge on any atom is -0.353 e. The number of anilines is 1. The first kappa shape index (κ1) is 23.6. The molecule has 1 amide bonds. The Morgan fingerprint density at radius 3 is 2.53 bits per heavy atom. The fraction of sp³-hybridized carbons (Fsp3) is 0.161. The number of carbonyl (C=O) groups is 1. The van der Waals surface area contributed by atoms with E-state index in [0.717, 1.165) is 55.4 Å². The number of pyridine rings is 2. The van der Waals surface area contributed by atoms with Gasteiger partial charge in [0, 0.05) is 52.4 Å². The number of nitrogens with one attached hydrogen (secondary N) is 3. The molecule has 0 aliphatic heterocycles. The summed E-state index contributed by atoms with van der Waals surface area (Å²) in [5.74, 6) is -0.0199. The van der Waals surface area contributed by atoms with Crippen LogP contribution in [0.2, 0.25) is 0 Å². The predicted molar refractivity (Wildman–Crippen MR) is 153 cm³/mol. The molecule has 7 heteroatoms. The lowest BCUT2D eigenvalue weighted by Gasteiger charge is -2.17. The van der Waals surface area contributed by atoms with Crippen molar-refractivity contribution in [1.82, 2.24) is 25.1 Å². The molecule has 0 aliphatic rings. The highest BCUT2D eigenvalue weighted by molar-refractivity contribution is 6.02. The lowest BCUT2D eigenvalue weighted by Crippen LogP contribution is -2.19. The highest BCUT2D eigenvalue weighted by atomic mass is 16.1. The van der Waals surface area contributed by atoms with Gasteiger partial charge < -0.3 is 10.3 Å². The number of hydrogen-bond acceptors (Lipinski definition) is 4. The van der Waals surface area contributed by atoms with E-state index in [1.54, 1.807) is 12.4 Å². The van der Waals surface area contributed by atoms with Crippen molar-refractivity contribution < 1.29 is 4.79 Å². The average Bonchev–Trinajstić information content (AvgIpc) is 3.51. The van der Waals surface area contributed by atoms with Crippen molar-refractivity contribution in [2.45, 2.75) is 27.2 Å². The van der Waals surface area contributed by atoms with E-state index < -0.39 is 0 Å². The fourth-order valence-electron chi connectivity index (χ4n) is 4.81. The Kier molecular flexibility index (Phi) is 5.76. The number of rotatable bonds is 5. The molecule has 0 atom stereocenters. The molecular formula is C31H28N6O. The molecule has 7 nitrogen and oxygen atoms in total. The van der Waals surface area contributed by atoms with Gasteiger partial charge in [0.1, 0.15) is 5.69 Å². The van der Waals surface area contributed by atoms with Crippen LogP contribution >= 0.6 is 0 Å². The summed E-state index contributed by atoms with van der Waals surface area (Å²) in [6.45, 7) is 6.14. The first-order chi connectivity index (χ1) is 18.3. The van der Waals surface area contributed by atoms with Gasteiger partial charge in [-0.3, -0.25) is 19.9 Å². The van der Waals surface area contributed by atoms with E-state index in [0.29, 0.717) is 12.1 Å². The third kappa shape index (κ3) is 4.66. The maximum absolute atomic E-state index is 12.4. The van der Waals surface area contributed by atoms with Crippen LogP contribution in [0.3, 0.4) is 0 Å². The summed E-state index contributed by atoms with van der Waals surface area (Å²) in [6.07, 6.45) is 7.59. The normalized spacial score (nSPS) is 11.8. The van der Waals surface area contributed by atoms with Crippen molar-refractivity contribution in [1.29, 1.82) is 0 Å². The number of H-pyrrole nitrogens is 2. The van der Waals surface area contributed by atoms with E-state index in [-0.39, 0.29) is 11.3 Å². The molecule has 6 rings (SSSR count). The van der Waals surface area contributed by atoms with Crippen molar-refractivity contribution in [2.24, 2.45) is 5.41 Å². The van der Waals surface area contributed by atoms with E-state index in [1.165, 1.54) is 0 Å². The van der Waals surface area contributed by atoms with Crippen molar-refractivity contribution in [3.63, 3.8) is 0 Å². The largest absolute Gasteiger partial charge is 0.353 e. The Balaban J connectivity index is 1.36. The monoisotopic (exact) mass is 500 g/mol. The van der Waals surface area contributed by atoms with Gasteiger partial charge in [-0.25, -0.2) is 0 Å². The van der Waals surface area contributed by atoms with E-state index in [4.69, 9.17) is 0 Å². The Hall–Kier alpha value is -4.78. The summed E-state index contributed by atoms with van der Waals surface area (Å²) in [6, 6.07) is 20.5. The van der Waals surface area contributed by atoms with Gasteiger partial charge in [-0.2, -0.15) is 5.10 Å².